The lowest BCUT2D eigenvalue weighted by molar-refractivity contribution is -0.119. The molecule has 0 aliphatic rings. The van der Waals surface area contributed by atoms with Gasteiger partial charge in [0.15, 0.2) is 10.7 Å². The van der Waals surface area contributed by atoms with Crippen LogP contribution in [0.25, 0.3) is 22.6 Å². The average molecular weight is 493 g/mol. The fourth-order valence-corrected chi connectivity index (χ4v) is 4.01. The third-order valence-electron chi connectivity index (χ3n) is 5.42. The number of thiocarbonyl (C=S) groups is 1. The Bertz CT molecular complexity index is 1300. The lowest BCUT2D eigenvalue weighted by Gasteiger charge is -2.20. The molecule has 0 aliphatic carbocycles. The Labute approximate surface area is 208 Å². The summed E-state index contributed by atoms with van der Waals surface area (Å²) in [6, 6.07) is 20.8. The van der Waals surface area contributed by atoms with E-state index in [0.29, 0.717) is 27.7 Å². The second-order valence-corrected chi connectivity index (χ2v) is 8.57. The van der Waals surface area contributed by atoms with Gasteiger partial charge in [-0.3, -0.25) is 4.79 Å². The molecule has 6 nitrogen and oxygen atoms in total. The molecule has 0 fully saturated rings. The minimum absolute atomic E-state index is 0.206. The third kappa shape index (κ3) is 5.73. The van der Waals surface area contributed by atoms with E-state index in [2.05, 4.69) is 46.5 Å². The predicted octanol–water partition coefficient (Wildman–Crippen LogP) is 6.05. The van der Waals surface area contributed by atoms with Crippen LogP contribution in [0.5, 0.6) is 0 Å². The fraction of sp³-hybridized carbons (Fsp3) is 0.192. The molecule has 174 valence electrons. The zero-order chi connectivity index (χ0) is 24.1. The van der Waals surface area contributed by atoms with Crippen LogP contribution in [0.2, 0.25) is 5.02 Å². The minimum Gasteiger partial charge on any atom is -0.436 e. The molecule has 0 aliphatic heterocycles. The second-order valence-electron chi connectivity index (χ2n) is 7.73. The number of fused-ring (bicyclic) bond motifs is 1. The minimum atomic E-state index is -0.210. The van der Waals surface area contributed by atoms with E-state index in [1.807, 2.05) is 42.5 Å². The Morgan fingerprint density at radius 1 is 1.03 bits per heavy atom. The van der Waals surface area contributed by atoms with Gasteiger partial charge in [0, 0.05) is 35.1 Å². The molecule has 1 heterocycles. The smallest absolute Gasteiger partial charge is 0.230 e. The normalized spacial score (nSPS) is 10.8. The number of benzene rings is 3. The molecule has 1 amide bonds. The highest BCUT2D eigenvalue weighted by Gasteiger charge is 2.11. The maximum absolute atomic E-state index is 12.3. The van der Waals surface area contributed by atoms with Gasteiger partial charge in [0.05, 0.1) is 6.42 Å². The van der Waals surface area contributed by atoms with E-state index in [0.717, 1.165) is 24.2 Å². The van der Waals surface area contributed by atoms with E-state index in [1.54, 1.807) is 12.1 Å². The van der Waals surface area contributed by atoms with Crippen LogP contribution in [-0.4, -0.2) is 29.1 Å². The average Bonchev–Trinajstić information content (AvgIpc) is 3.25. The van der Waals surface area contributed by atoms with Gasteiger partial charge in [0.1, 0.15) is 5.52 Å². The molecule has 0 atom stereocenters. The summed E-state index contributed by atoms with van der Waals surface area (Å²) >= 11 is 11.2. The molecule has 4 rings (SSSR count). The summed E-state index contributed by atoms with van der Waals surface area (Å²) < 4.78 is 5.94. The van der Waals surface area contributed by atoms with Crippen molar-refractivity contribution in [2.75, 3.05) is 23.3 Å². The Balaban J connectivity index is 1.41. The van der Waals surface area contributed by atoms with Gasteiger partial charge in [-0.1, -0.05) is 23.7 Å². The number of nitrogens with one attached hydrogen (secondary N) is 2. The SMILES string of the molecule is CCN(CC)c1ccc(-c2nc3cc(NC(=S)NC(=O)Cc4ccc(Cl)cc4)ccc3o2)cc1. The number of halogens is 1. The van der Waals surface area contributed by atoms with Crippen molar-refractivity contribution in [2.24, 2.45) is 0 Å². The van der Waals surface area contributed by atoms with Crippen LogP contribution >= 0.6 is 23.8 Å². The van der Waals surface area contributed by atoms with Gasteiger partial charge in [-0.15, -0.1) is 0 Å². The van der Waals surface area contributed by atoms with Crippen molar-refractivity contribution in [1.29, 1.82) is 0 Å². The van der Waals surface area contributed by atoms with Gasteiger partial charge in [0.25, 0.3) is 0 Å². The summed E-state index contributed by atoms with van der Waals surface area (Å²) in [7, 11) is 0. The summed E-state index contributed by atoms with van der Waals surface area (Å²) in [5, 5.41) is 6.57. The summed E-state index contributed by atoms with van der Waals surface area (Å²) in [5.74, 6) is 0.342. The van der Waals surface area contributed by atoms with Crippen LogP contribution in [0.15, 0.2) is 71.1 Å². The second kappa shape index (κ2) is 10.7. The largest absolute Gasteiger partial charge is 0.436 e. The van der Waals surface area contributed by atoms with E-state index >= 15 is 0 Å². The first kappa shape index (κ1) is 23.7. The number of oxazole rings is 1. The van der Waals surface area contributed by atoms with Crippen molar-refractivity contribution in [3.05, 3.63) is 77.3 Å². The standard InChI is InChI=1S/C26H25ClN4O2S/c1-3-31(4-2)21-12-7-18(8-13-21)25-29-22-16-20(11-14-23(22)33-25)28-26(34)30-24(32)15-17-5-9-19(27)10-6-17/h5-14,16H,3-4,15H2,1-2H3,(H2,28,30,32,34). The molecule has 2 N–H and O–H groups in total. The molecule has 0 bridgehead atoms. The Morgan fingerprint density at radius 3 is 2.41 bits per heavy atom. The number of carbonyl (C=O) groups excluding carboxylic acids is 1. The zero-order valence-corrected chi connectivity index (χ0v) is 20.5. The van der Waals surface area contributed by atoms with Crippen molar-refractivity contribution in [1.82, 2.24) is 10.3 Å². The predicted molar refractivity (Wildman–Crippen MR) is 143 cm³/mol. The maximum Gasteiger partial charge on any atom is 0.230 e. The molecular weight excluding hydrogens is 468 g/mol. The quantitative estimate of drug-likeness (QED) is 0.306. The van der Waals surface area contributed by atoms with E-state index in [9.17, 15) is 4.79 Å². The van der Waals surface area contributed by atoms with Crippen molar-refractivity contribution in [3.63, 3.8) is 0 Å². The van der Waals surface area contributed by atoms with Crippen molar-refractivity contribution >= 4 is 57.3 Å². The maximum atomic E-state index is 12.3. The molecule has 34 heavy (non-hydrogen) atoms. The number of hydrogen-bond acceptors (Lipinski definition) is 5. The molecular formula is C26H25ClN4O2S. The summed E-state index contributed by atoms with van der Waals surface area (Å²) in [6.45, 7) is 6.19. The number of amides is 1. The van der Waals surface area contributed by atoms with Crippen LogP contribution < -0.4 is 15.5 Å². The molecule has 0 unspecified atom stereocenters. The van der Waals surface area contributed by atoms with Crippen LogP contribution in [0.4, 0.5) is 11.4 Å². The number of carbonyl (C=O) groups is 1. The molecule has 1 aromatic heterocycles. The molecule has 0 saturated carbocycles. The van der Waals surface area contributed by atoms with Crippen molar-refractivity contribution in [3.8, 4) is 11.5 Å². The number of hydrogen-bond donors (Lipinski definition) is 2. The topological polar surface area (TPSA) is 70.4 Å². The van der Waals surface area contributed by atoms with E-state index in [1.165, 1.54) is 5.69 Å². The van der Waals surface area contributed by atoms with E-state index in [-0.39, 0.29) is 17.4 Å². The Morgan fingerprint density at radius 2 is 1.74 bits per heavy atom. The number of aromatic nitrogens is 1. The van der Waals surface area contributed by atoms with Crippen LogP contribution in [0.1, 0.15) is 19.4 Å². The first-order valence-corrected chi connectivity index (χ1v) is 11.8. The number of nitrogens with zero attached hydrogens (tertiary/aromatic N) is 2. The van der Waals surface area contributed by atoms with Gasteiger partial charge in [-0.25, -0.2) is 4.98 Å². The van der Waals surface area contributed by atoms with Crippen LogP contribution in [-0.2, 0) is 11.2 Å². The monoisotopic (exact) mass is 492 g/mol. The van der Waals surface area contributed by atoms with Gasteiger partial charge < -0.3 is 20.0 Å². The van der Waals surface area contributed by atoms with E-state index < -0.39 is 0 Å². The summed E-state index contributed by atoms with van der Waals surface area (Å²) in [4.78, 5) is 19.2. The summed E-state index contributed by atoms with van der Waals surface area (Å²) in [5.41, 5.74) is 5.01. The molecule has 0 radical (unpaired) electrons. The van der Waals surface area contributed by atoms with Crippen molar-refractivity contribution < 1.29 is 9.21 Å². The molecule has 8 heteroatoms. The van der Waals surface area contributed by atoms with Gasteiger partial charge in [-0.2, -0.15) is 0 Å². The Hall–Kier alpha value is -3.42. The lowest BCUT2D eigenvalue weighted by atomic mass is 10.1. The lowest BCUT2D eigenvalue weighted by Crippen LogP contribution is -2.35. The first-order chi connectivity index (χ1) is 16.4. The highest BCUT2D eigenvalue weighted by Crippen LogP contribution is 2.28. The summed E-state index contributed by atoms with van der Waals surface area (Å²) in [6.07, 6.45) is 0.206. The highest BCUT2D eigenvalue weighted by atomic mass is 35.5. The Kier molecular flexibility index (Phi) is 7.45. The molecule has 3 aromatic carbocycles. The van der Waals surface area contributed by atoms with Gasteiger partial charge in [-0.05, 0) is 86.2 Å². The fourth-order valence-electron chi connectivity index (χ4n) is 3.65. The van der Waals surface area contributed by atoms with Gasteiger partial charge >= 0.3 is 0 Å². The molecule has 4 aromatic rings. The molecule has 0 spiro atoms. The number of rotatable bonds is 7. The third-order valence-corrected chi connectivity index (χ3v) is 5.88. The van der Waals surface area contributed by atoms with Crippen LogP contribution in [0.3, 0.4) is 0 Å². The van der Waals surface area contributed by atoms with Crippen LogP contribution in [0, 0.1) is 0 Å². The van der Waals surface area contributed by atoms with Crippen molar-refractivity contribution in [2.45, 2.75) is 20.3 Å². The number of anilines is 2. The first-order valence-electron chi connectivity index (χ1n) is 11.1. The van der Waals surface area contributed by atoms with Gasteiger partial charge in [0.2, 0.25) is 11.8 Å². The molecule has 0 saturated heterocycles. The zero-order valence-electron chi connectivity index (χ0n) is 19.0. The highest BCUT2D eigenvalue weighted by molar-refractivity contribution is 7.80. The van der Waals surface area contributed by atoms with E-state index in [4.69, 9.17) is 28.2 Å².